The Bertz CT molecular complexity index is 550. The molecule has 0 radical (unpaired) electrons. The zero-order chi connectivity index (χ0) is 13.9. The second kappa shape index (κ2) is 5.98. The van der Waals surface area contributed by atoms with Gasteiger partial charge in [-0.15, -0.1) is 0 Å². The van der Waals surface area contributed by atoms with Gasteiger partial charge in [0.2, 0.25) is 0 Å². The summed E-state index contributed by atoms with van der Waals surface area (Å²) in [7, 11) is 2.22. The Morgan fingerprint density at radius 1 is 1.25 bits per heavy atom. The number of hydrogen-bond acceptors (Lipinski definition) is 2. The van der Waals surface area contributed by atoms with Crippen molar-refractivity contribution in [2.75, 3.05) is 20.1 Å². The molecule has 0 aliphatic carbocycles. The van der Waals surface area contributed by atoms with Crippen LogP contribution in [-0.4, -0.2) is 41.7 Å². The fourth-order valence-corrected chi connectivity index (χ4v) is 3.23. The van der Waals surface area contributed by atoms with Crippen LogP contribution < -0.4 is 5.32 Å². The average molecular weight is 271 g/mol. The van der Waals surface area contributed by atoms with E-state index in [1.807, 2.05) is 0 Å². The van der Waals surface area contributed by atoms with Gasteiger partial charge in [0.05, 0.1) is 0 Å². The minimum Gasteiger partial charge on any atom is -0.347 e. The van der Waals surface area contributed by atoms with E-state index in [2.05, 4.69) is 65.3 Å². The van der Waals surface area contributed by atoms with Crippen molar-refractivity contribution in [1.82, 2.24) is 14.8 Å². The molecule has 2 aromatic rings. The first kappa shape index (κ1) is 13.7. The van der Waals surface area contributed by atoms with Gasteiger partial charge in [-0.25, -0.2) is 0 Å². The maximum Gasteiger partial charge on any atom is 0.0480 e. The van der Waals surface area contributed by atoms with E-state index in [9.17, 15) is 0 Å². The Morgan fingerprint density at radius 2 is 2.10 bits per heavy atom. The average Bonchev–Trinajstić information content (AvgIpc) is 3.00. The number of aromatic nitrogens is 1. The lowest BCUT2D eigenvalue weighted by Gasteiger charge is -2.13. The zero-order valence-corrected chi connectivity index (χ0v) is 12.5. The fraction of sp³-hybridized carbons (Fsp3) is 0.529. The maximum atomic E-state index is 3.70. The van der Waals surface area contributed by atoms with Crippen molar-refractivity contribution in [2.45, 2.75) is 38.4 Å². The van der Waals surface area contributed by atoms with Crippen LogP contribution in [0.4, 0.5) is 0 Å². The molecule has 1 aromatic carbocycles. The minimum absolute atomic E-state index is 0.677. The van der Waals surface area contributed by atoms with Crippen LogP contribution in [0.2, 0.25) is 0 Å². The molecule has 2 atom stereocenters. The molecule has 0 spiro atoms. The van der Waals surface area contributed by atoms with Crippen molar-refractivity contribution in [3.63, 3.8) is 0 Å². The smallest absolute Gasteiger partial charge is 0.0480 e. The highest BCUT2D eigenvalue weighted by Crippen LogP contribution is 2.16. The summed E-state index contributed by atoms with van der Waals surface area (Å²) < 4.78 is 2.36. The lowest BCUT2D eigenvalue weighted by Crippen LogP contribution is -2.32. The predicted octanol–water partition coefficient (Wildman–Crippen LogP) is 2.71. The first-order valence-electron chi connectivity index (χ1n) is 7.71. The molecule has 1 aliphatic heterocycles. The Hall–Kier alpha value is -1.32. The van der Waals surface area contributed by atoms with Crippen LogP contribution in [0.1, 0.15) is 19.8 Å². The maximum absolute atomic E-state index is 3.70. The molecule has 20 heavy (non-hydrogen) atoms. The van der Waals surface area contributed by atoms with Gasteiger partial charge < -0.3 is 14.8 Å². The third kappa shape index (κ3) is 2.89. The third-order valence-electron chi connectivity index (χ3n) is 4.58. The molecule has 3 heteroatoms. The predicted molar refractivity (Wildman–Crippen MR) is 85.1 cm³/mol. The van der Waals surface area contributed by atoms with Crippen molar-refractivity contribution >= 4 is 10.9 Å². The van der Waals surface area contributed by atoms with Gasteiger partial charge in [-0.1, -0.05) is 18.2 Å². The van der Waals surface area contributed by atoms with Crippen LogP contribution in [0.25, 0.3) is 10.9 Å². The lowest BCUT2D eigenvalue weighted by atomic mass is 10.2. The van der Waals surface area contributed by atoms with Gasteiger partial charge in [0.1, 0.15) is 0 Å². The normalized spacial score (nSPS) is 23.7. The van der Waals surface area contributed by atoms with Crippen LogP contribution in [0.5, 0.6) is 0 Å². The number of likely N-dealkylation sites (N-methyl/N-ethyl adjacent to an activating group) is 1. The molecular formula is C17H25N3. The molecule has 2 unspecified atom stereocenters. The van der Waals surface area contributed by atoms with E-state index in [0.29, 0.717) is 6.04 Å². The molecule has 0 saturated carbocycles. The number of nitrogens with one attached hydrogen (secondary N) is 1. The van der Waals surface area contributed by atoms with Gasteiger partial charge in [-0.2, -0.15) is 0 Å². The highest BCUT2D eigenvalue weighted by Gasteiger charge is 2.25. The fourth-order valence-electron chi connectivity index (χ4n) is 3.23. The summed E-state index contributed by atoms with van der Waals surface area (Å²) in [5, 5.41) is 5.04. The highest BCUT2D eigenvalue weighted by molar-refractivity contribution is 5.79. The summed E-state index contributed by atoms with van der Waals surface area (Å²) >= 11 is 0. The lowest BCUT2D eigenvalue weighted by molar-refractivity contribution is 0.326. The van der Waals surface area contributed by atoms with Gasteiger partial charge >= 0.3 is 0 Å². The Labute approximate surface area is 121 Å². The summed E-state index contributed by atoms with van der Waals surface area (Å²) in [5.74, 6) is 0. The second-order valence-corrected chi connectivity index (χ2v) is 6.10. The van der Waals surface area contributed by atoms with E-state index >= 15 is 0 Å². The largest absolute Gasteiger partial charge is 0.347 e. The molecule has 108 valence electrons. The van der Waals surface area contributed by atoms with Crippen LogP contribution in [0, 0.1) is 0 Å². The van der Waals surface area contributed by atoms with Crippen LogP contribution in [-0.2, 0) is 6.54 Å². The number of rotatable bonds is 5. The SMILES string of the molecule is CC1CC(NCCCn2ccc3ccccc32)CN1C. The number of hydrogen-bond donors (Lipinski definition) is 1. The molecule has 1 fully saturated rings. The number of likely N-dealkylation sites (tertiary alicyclic amines) is 1. The topological polar surface area (TPSA) is 20.2 Å². The zero-order valence-electron chi connectivity index (χ0n) is 12.5. The quantitative estimate of drug-likeness (QED) is 0.844. The molecule has 1 aliphatic rings. The van der Waals surface area contributed by atoms with Gasteiger partial charge in [0.15, 0.2) is 0 Å². The number of fused-ring (bicyclic) bond motifs is 1. The van der Waals surface area contributed by atoms with Crippen LogP contribution >= 0.6 is 0 Å². The summed E-state index contributed by atoms with van der Waals surface area (Å²) in [5.41, 5.74) is 1.35. The molecule has 1 aromatic heterocycles. The molecular weight excluding hydrogens is 246 g/mol. The van der Waals surface area contributed by atoms with Gasteiger partial charge in [-0.05, 0) is 50.9 Å². The number of para-hydroxylation sites is 1. The van der Waals surface area contributed by atoms with E-state index < -0.39 is 0 Å². The van der Waals surface area contributed by atoms with Gasteiger partial charge in [0.25, 0.3) is 0 Å². The van der Waals surface area contributed by atoms with E-state index in [1.165, 1.54) is 30.3 Å². The molecule has 0 amide bonds. The van der Waals surface area contributed by atoms with Crippen molar-refractivity contribution in [1.29, 1.82) is 0 Å². The molecule has 1 saturated heterocycles. The Kier molecular flexibility index (Phi) is 4.08. The first-order chi connectivity index (χ1) is 9.74. The molecule has 2 heterocycles. The number of aryl methyl sites for hydroxylation is 1. The Balaban J connectivity index is 1.46. The molecule has 3 nitrogen and oxygen atoms in total. The summed E-state index contributed by atoms with van der Waals surface area (Å²) in [6, 6.07) is 12.2. The second-order valence-electron chi connectivity index (χ2n) is 6.10. The van der Waals surface area contributed by atoms with Crippen molar-refractivity contribution in [3.05, 3.63) is 36.5 Å². The van der Waals surface area contributed by atoms with Crippen molar-refractivity contribution in [2.24, 2.45) is 0 Å². The first-order valence-corrected chi connectivity index (χ1v) is 7.71. The van der Waals surface area contributed by atoms with Crippen molar-refractivity contribution < 1.29 is 0 Å². The van der Waals surface area contributed by atoms with E-state index in [1.54, 1.807) is 0 Å². The summed E-state index contributed by atoms with van der Waals surface area (Å²) in [6.45, 7) is 5.71. The van der Waals surface area contributed by atoms with Gasteiger partial charge in [-0.3, -0.25) is 0 Å². The van der Waals surface area contributed by atoms with E-state index in [-0.39, 0.29) is 0 Å². The molecule has 1 N–H and O–H groups in total. The summed E-state index contributed by atoms with van der Waals surface area (Å²) in [4.78, 5) is 2.44. The van der Waals surface area contributed by atoms with Crippen LogP contribution in [0.3, 0.4) is 0 Å². The number of benzene rings is 1. The van der Waals surface area contributed by atoms with E-state index in [0.717, 1.165) is 19.1 Å². The minimum atomic E-state index is 0.677. The highest BCUT2D eigenvalue weighted by atomic mass is 15.2. The van der Waals surface area contributed by atoms with Crippen molar-refractivity contribution in [3.8, 4) is 0 Å². The monoisotopic (exact) mass is 271 g/mol. The third-order valence-corrected chi connectivity index (χ3v) is 4.58. The number of nitrogens with zero attached hydrogens (tertiary/aromatic N) is 2. The standard InChI is InChI=1S/C17H25N3/c1-14-12-16(13-19(14)2)18-9-5-10-20-11-8-15-6-3-4-7-17(15)20/h3-4,6-8,11,14,16,18H,5,9-10,12-13H2,1-2H3. The van der Waals surface area contributed by atoms with Crippen LogP contribution in [0.15, 0.2) is 36.5 Å². The van der Waals surface area contributed by atoms with Gasteiger partial charge in [0, 0.05) is 36.9 Å². The molecule has 3 rings (SSSR count). The van der Waals surface area contributed by atoms with E-state index in [4.69, 9.17) is 0 Å². The molecule has 0 bridgehead atoms. The summed E-state index contributed by atoms with van der Waals surface area (Å²) in [6.07, 6.45) is 4.67. The Morgan fingerprint density at radius 3 is 2.90 bits per heavy atom.